The zero-order valence-corrected chi connectivity index (χ0v) is 14.6. The fraction of sp³-hybridized carbons (Fsp3) is 0.0476. The minimum absolute atomic E-state index is 0.211. The van der Waals surface area contributed by atoms with Crippen LogP contribution in [-0.2, 0) is 6.54 Å². The van der Waals surface area contributed by atoms with Gasteiger partial charge in [-0.25, -0.2) is 0 Å². The zero-order chi connectivity index (χ0) is 17.9. The van der Waals surface area contributed by atoms with Gasteiger partial charge in [-0.15, -0.1) is 0 Å². The maximum atomic E-state index is 12.5. The monoisotopic (exact) mass is 361 g/mol. The third kappa shape index (κ3) is 3.32. The average molecular weight is 362 g/mol. The lowest BCUT2D eigenvalue weighted by Gasteiger charge is -2.04. The van der Waals surface area contributed by atoms with Gasteiger partial charge in [0.1, 0.15) is 0 Å². The number of aromatic nitrogens is 2. The molecule has 0 aliphatic heterocycles. The topological polar surface area (TPSA) is 46.9 Å². The van der Waals surface area contributed by atoms with Gasteiger partial charge >= 0.3 is 0 Å². The molecule has 4 nitrogen and oxygen atoms in total. The van der Waals surface area contributed by atoms with E-state index in [2.05, 4.69) is 22.5 Å². The highest BCUT2D eigenvalue weighted by Crippen LogP contribution is 2.24. The lowest BCUT2D eigenvalue weighted by atomic mass is 10.2. The Labute approximate surface area is 156 Å². The predicted molar refractivity (Wildman–Crippen MR) is 105 cm³/mol. The van der Waals surface area contributed by atoms with Gasteiger partial charge in [-0.2, -0.15) is 5.10 Å². The van der Waals surface area contributed by atoms with Crippen molar-refractivity contribution in [3.63, 3.8) is 0 Å². The van der Waals surface area contributed by atoms with E-state index in [9.17, 15) is 4.79 Å². The molecular weight excluding hydrogens is 346 g/mol. The van der Waals surface area contributed by atoms with E-state index in [1.807, 2.05) is 47.1 Å². The molecule has 0 saturated carbocycles. The second kappa shape index (κ2) is 7.02. The van der Waals surface area contributed by atoms with Crippen molar-refractivity contribution in [2.75, 3.05) is 5.32 Å². The van der Waals surface area contributed by atoms with Crippen LogP contribution in [0.5, 0.6) is 0 Å². The smallest absolute Gasteiger partial charge is 0.256 e. The van der Waals surface area contributed by atoms with Crippen LogP contribution in [0.25, 0.3) is 10.9 Å². The second-order valence-electron chi connectivity index (χ2n) is 5.97. The molecule has 0 aliphatic carbocycles. The van der Waals surface area contributed by atoms with Crippen molar-refractivity contribution in [1.82, 2.24) is 9.78 Å². The Morgan fingerprint density at radius 1 is 0.923 bits per heavy atom. The second-order valence-corrected chi connectivity index (χ2v) is 6.41. The fourth-order valence-corrected chi connectivity index (χ4v) is 3.00. The fourth-order valence-electron chi connectivity index (χ4n) is 2.88. The van der Waals surface area contributed by atoms with E-state index >= 15 is 0 Å². The van der Waals surface area contributed by atoms with Gasteiger partial charge in [0, 0.05) is 16.0 Å². The van der Waals surface area contributed by atoms with Crippen LogP contribution in [0.1, 0.15) is 15.9 Å². The lowest BCUT2D eigenvalue weighted by Crippen LogP contribution is -2.13. The van der Waals surface area contributed by atoms with Crippen LogP contribution >= 0.6 is 11.6 Å². The molecule has 0 atom stereocenters. The number of nitrogens with one attached hydrogen (secondary N) is 1. The van der Waals surface area contributed by atoms with Crippen molar-refractivity contribution in [2.24, 2.45) is 0 Å². The molecule has 4 aromatic rings. The van der Waals surface area contributed by atoms with Gasteiger partial charge in [0.05, 0.1) is 12.1 Å². The third-order valence-electron chi connectivity index (χ3n) is 4.17. The van der Waals surface area contributed by atoms with E-state index in [-0.39, 0.29) is 5.91 Å². The van der Waals surface area contributed by atoms with Crippen LogP contribution in [0, 0.1) is 0 Å². The summed E-state index contributed by atoms with van der Waals surface area (Å²) in [6.45, 7) is 0.637. The van der Waals surface area contributed by atoms with Crippen molar-refractivity contribution < 1.29 is 4.79 Å². The van der Waals surface area contributed by atoms with Gasteiger partial charge in [-0.05, 0) is 42.0 Å². The first-order valence-electron chi connectivity index (χ1n) is 8.27. The maximum Gasteiger partial charge on any atom is 0.256 e. The third-order valence-corrected chi connectivity index (χ3v) is 4.42. The Hall–Kier alpha value is -3.11. The van der Waals surface area contributed by atoms with Gasteiger partial charge in [-0.1, -0.05) is 54.1 Å². The first-order chi connectivity index (χ1) is 12.7. The standard InChI is InChI=1S/C21H16ClN3O/c22-17-12-10-16(11-13-17)21(26)23-20-18-8-4-5-9-19(18)25(24-20)14-15-6-2-1-3-7-15/h1-13H,14H2,(H,23,24,26). The number of hydrogen-bond donors (Lipinski definition) is 1. The number of rotatable bonds is 4. The molecule has 128 valence electrons. The van der Waals surface area contributed by atoms with E-state index in [1.165, 1.54) is 0 Å². The van der Waals surface area contributed by atoms with Gasteiger partial charge in [0.2, 0.25) is 0 Å². The summed E-state index contributed by atoms with van der Waals surface area (Å²) >= 11 is 5.89. The summed E-state index contributed by atoms with van der Waals surface area (Å²) < 4.78 is 1.90. The summed E-state index contributed by atoms with van der Waals surface area (Å²) in [6, 6.07) is 24.8. The molecule has 1 amide bonds. The average Bonchev–Trinajstić information content (AvgIpc) is 3.01. The number of para-hydroxylation sites is 1. The number of nitrogens with zero attached hydrogens (tertiary/aromatic N) is 2. The lowest BCUT2D eigenvalue weighted by molar-refractivity contribution is 0.102. The van der Waals surface area contributed by atoms with Gasteiger partial charge in [-0.3, -0.25) is 9.48 Å². The maximum absolute atomic E-state index is 12.5. The summed E-state index contributed by atoms with van der Waals surface area (Å²) in [4.78, 5) is 12.5. The van der Waals surface area contributed by atoms with Gasteiger partial charge in [0.25, 0.3) is 5.91 Å². The molecule has 1 N–H and O–H groups in total. The molecule has 0 fully saturated rings. The summed E-state index contributed by atoms with van der Waals surface area (Å²) in [5, 5.41) is 9.04. The summed E-state index contributed by atoms with van der Waals surface area (Å²) in [5.74, 6) is 0.341. The number of anilines is 1. The molecule has 0 unspecified atom stereocenters. The van der Waals surface area contributed by atoms with Crippen LogP contribution in [0.4, 0.5) is 5.82 Å². The highest BCUT2D eigenvalue weighted by Gasteiger charge is 2.14. The minimum Gasteiger partial charge on any atom is -0.305 e. The Morgan fingerprint density at radius 3 is 2.38 bits per heavy atom. The van der Waals surface area contributed by atoms with Gasteiger partial charge < -0.3 is 5.32 Å². The van der Waals surface area contributed by atoms with Crippen molar-refractivity contribution in [3.05, 3.63) is 95.0 Å². The molecule has 0 aliphatic rings. The molecule has 0 saturated heterocycles. The van der Waals surface area contributed by atoms with Crippen LogP contribution in [0.3, 0.4) is 0 Å². The Morgan fingerprint density at radius 2 is 1.62 bits per heavy atom. The zero-order valence-electron chi connectivity index (χ0n) is 13.9. The van der Waals surface area contributed by atoms with Crippen LogP contribution < -0.4 is 5.32 Å². The number of carbonyl (C=O) groups excluding carboxylic acids is 1. The quantitative estimate of drug-likeness (QED) is 0.556. The number of carbonyl (C=O) groups is 1. The van der Waals surface area contributed by atoms with E-state index in [0.717, 1.165) is 16.5 Å². The summed E-state index contributed by atoms with van der Waals surface area (Å²) in [7, 11) is 0. The number of halogens is 1. The van der Waals surface area contributed by atoms with Crippen molar-refractivity contribution in [3.8, 4) is 0 Å². The molecule has 4 rings (SSSR count). The molecule has 26 heavy (non-hydrogen) atoms. The molecule has 5 heteroatoms. The Kier molecular flexibility index (Phi) is 4.42. The normalized spacial score (nSPS) is 10.8. The van der Waals surface area contributed by atoms with Crippen molar-refractivity contribution in [1.29, 1.82) is 0 Å². The van der Waals surface area contributed by atoms with Crippen molar-refractivity contribution in [2.45, 2.75) is 6.54 Å². The summed E-state index contributed by atoms with van der Waals surface area (Å²) in [5.41, 5.74) is 2.66. The van der Waals surface area contributed by atoms with E-state index in [0.29, 0.717) is 22.9 Å². The molecule has 1 heterocycles. The predicted octanol–water partition coefficient (Wildman–Crippen LogP) is 4.99. The van der Waals surface area contributed by atoms with E-state index in [4.69, 9.17) is 11.6 Å². The molecule has 3 aromatic carbocycles. The Bertz CT molecular complexity index is 1060. The van der Waals surface area contributed by atoms with Crippen molar-refractivity contribution >= 4 is 34.2 Å². The van der Waals surface area contributed by atoms with E-state index < -0.39 is 0 Å². The van der Waals surface area contributed by atoms with Crippen LogP contribution in [-0.4, -0.2) is 15.7 Å². The number of amides is 1. The molecular formula is C21H16ClN3O. The molecule has 0 radical (unpaired) electrons. The molecule has 0 spiro atoms. The molecule has 0 bridgehead atoms. The highest BCUT2D eigenvalue weighted by molar-refractivity contribution is 6.30. The van der Waals surface area contributed by atoms with Crippen LogP contribution in [0.15, 0.2) is 78.9 Å². The Balaban J connectivity index is 1.67. The number of hydrogen-bond acceptors (Lipinski definition) is 2. The number of benzene rings is 3. The molecule has 1 aromatic heterocycles. The summed E-state index contributed by atoms with van der Waals surface area (Å²) in [6.07, 6.45) is 0. The minimum atomic E-state index is -0.211. The first-order valence-corrected chi connectivity index (χ1v) is 8.65. The highest BCUT2D eigenvalue weighted by atomic mass is 35.5. The largest absolute Gasteiger partial charge is 0.305 e. The SMILES string of the molecule is O=C(Nc1nn(Cc2ccccc2)c2ccccc12)c1ccc(Cl)cc1. The van der Waals surface area contributed by atoms with E-state index in [1.54, 1.807) is 24.3 Å². The van der Waals surface area contributed by atoms with Crippen LogP contribution in [0.2, 0.25) is 5.02 Å². The van der Waals surface area contributed by atoms with Gasteiger partial charge in [0.15, 0.2) is 5.82 Å². The number of fused-ring (bicyclic) bond motifs is 1. The first kappa shape index (κ1) is 16.4.